The van der Waals surface area contributed by atoms with Crippen molar-refractivity contribution in [3.05, 3.63) is 70.1 Å². The monoisotopic (exact) mass is 399 g/mol. The molecule has 2 heterocycles. The van der Waals surface area contributed by atoms with Gasteiger partial charge < -0.3 is 19.2 Å². The summed E-state index contributed by atoms with van der Waals surface area (Å²) in [7, 11) is 0. The van der Waals surface area contributed by atoms with Crippen molar-refractivity contribution >= 4 is 11.8 Å². The van der Waals surface area contributed by atoms with E-state index >= 15 is 0 Å². The molecule has 0 saturated heterocycles. The van der Waals surface area contributed by atoms with Crippen molar-refractivity contribution < 1.29 is 14.0 Å². The Balaban J connectivity index is 2.45. The predicted molar refractivity (Wildman–Crippen MR) is 112 cm³/mol. The lowest BCUT2D eigenvalue weighted by Gasteiger charge is -2.21. The van der Waals surface area contributed by atoms with Gasteiger partial charge in [-0.25, -0.2) is 0 Å². The van der Waals surface area contributed by atoms with E-state index in [1.54, 1.807) is 23.0 Å². The molecular formula is C22H29N3O4. The second kappa shape index (κ2) is 10.5. The summed E-state index contributed by atoms with van der Waals surface area (Å²) in [5.41, 5.74) is 0.150. The van der Waals surface area contributed by atoms with Gasteiger partial charge in [0.2, 0.25) is 5.43 Å². The summed E-state index contributed by atoms with van der Waals surface area (Å²) < 4.78 is 7.00. The first-order valence-electron chi connectivity index (χ1n) is 9.85. The Morgan fingerprint density at radius 2 is 1.97 bits per heavy atom. The van der Waals surface area contributed by atoms with Crippen molar-refractivity contribution in [1.29, 1.82) is 0 Å². The predicted octanol–water partition coefficient (Wildman–Crippen LogP) is 3.06. The van der Waals surface area contributed by atoms with Crippen LogP contribution in [-0.2, 0) is 6.54 Å². The third kappa shape index (κ3) is 5.94. The SMILES string of the molecule is C=C(C)CN(CC)C(=O)c1cn(Cc2ccco2)cc(C(=O)NCCCC)c1=O. The number of furan rings is 1. The molecular weight excluding hydrogens is 370 g/mol. The highest BCUT2D eigenvalue weighted by molar-refractivity contribution is 5.99. The molecule has 0 fully saturated rings. The number of nitrogens with one attached hydrogen (secondary N) is 1. The quantitative estimate of drug-likeness (QED) is 0.492. The van der Waals surface area contributed by atoms with Gasteiger partial charge >= 0.3 is 0 Å². The van der Waals surface area contributed by atoms with Crippen LogP contribution in [0.5, 0.6) is 0 Å². The normalized spacial score (nSPS) is 10.6. The van der Waals surface area contributed by atoms with E-state index in [0.717, 1.165) is 18.4 Å². The maximum absolute atomic E-state index is 13.0. The molecule has 2 amide bonds. The molecule has 0 aromatic carbocycles. The van der Waals surface area contributed by atoms with E-state index in [4.69, 9.17) is 4.42 Å². The van der Waals surface area contributed by atoms with Gasteiger partial charge in [0, 0.05) is 32.0 Å². The number of hydrogen-bond donors (Lipinski definition) is 1. The zero-order valence-corrected chi connectivity index (χ0v) is 17.4. The van der Waals surface area contributed by atoms with Gasteiger partial charge in [0.15, 0.2) is 0 Å². The first-order valence-corrected chi connectivity index (χ1v) is 9.85. The third-order valence-electron chi connectivity index (χ3n) is 4.42. The van der Waals surface area contributed by atoms with Crippen LogP contribution < -0.4 is 10.7 Å². The average molecular weight is 399 g/mol. The fourth-order valence-electron chi connectivity index (χ4n) is 2.92. The van der Waals surface area contributed by atoms with Gasteiger partial charge in [-0.3, -0.25) is 14.4 Å². The Kier molecular flexibility index (Phi) is 8.00. The lowest BCUT2D eigenvalue weighted by atomic mass is 10.1. The second-order valence-electron chi connectivity index (χ2n) is 7.05. The van der Waals surface area contributed by atoms with Gasteiger partial charge in [-0.1, -0.05) is 25.5 Å². The Bertz CT molecular complexity index is 913. The van der Waals surface area contributed by atoms with Crippen LogP contribution in [0.1, 0.15) is 60.1 Å². The highest BCUT2D eigenvalue weighted by Gasteiger charge is 2.23. The first kappa shape index (κ1) is 22.2. The Morgan fingerprint density at radius 3 is 2.55 bits per heavy atom. The van der Waals surface area contributed by atoms with Gasteiger partial charge in [0.05, 0.1) is 12.8 Å². The summed E-state index contributed by atoms with van der Waals surface area (Å²) in [6.45, 7) is 11.1. The second-order valence-corrected chi connectivity index (χ2v) is 7.05. The molecule has 7 heteroatoms. The molecule has 2 rings (SSSR count). The fourth-order valence-corrected chi connectivity index (χ4v) is 2.92. The zero-order valence-electron chi connectivity index (χ0n) is 17.4. The van der Waals surface area contributed by atoms with Crippen molar-refractivity contribution in [3.8, 4) is 0 Å². The average Bonchev–Trinajstić information content (AvgIpc) is 3.19. The molecule has 0 saturated carbocycles. The summed E-state index contributed by atoms with van der Waals surface area (Å²) >= 11 is 0. The van der Waals surface area contributed by atoms with E-state index in [2.05, 4.69) is 11.9 Å². The zero-order chi connectivity index (χ0) is 21.4. The molecule has 0 atom stereocenters. The van der Waals surface area contributed by atoms with Crippen LogP contribution in [0.3, 0.4) is 0 Å². The van der Waals surface area contributed by atoms with Crippen molar-refractivity contribution in [3.63, 3.8) is 0 Å². The van der Waals surface area contributed by atoms with Crippen molar-refractivity contribution in [2.24, 2.45) is 0 Å². The molecule has 2 aromatic heterocycles. The molecule has 0 aliphatic carbocycles. The van der Waals surface area contributed by atoms with Gasteiger partial charge in [0.1, 0.15) is 16.9 Å². The number of likely N-dealkylation sites (N-methyl/N-ethyl adjacent to an activating group) is 1. The minimum Gasteiger partial charge on any atom is -0.467 e. The number of amides is 2. The highest BCUT2D eigenvalue weighted by Crippen LogP contribution is 2.09. The number of carbonyl (C=O) groups is 2. The molecule has 29 heavy (non-hydrogen) atoms. The van der Waals surface area contributed by atoms with Gasteiger partial charge in [-0.05, 0) is 32.4 Å². The number of aromatic nitrogens is 1. The van der Waals surface area contributed by atoms with E-state index in [0.29, 0.717) is 31.9 Å². The number of hydrogen-bond acceptors (Lipinski definition) is 4. The molecule has 0 radical (unpaired) electrons. The lowest BCUT2D eigenvalue weighted by Crippen LogP contribution is -2.38. The van der Waals surface area contributed by atoms with Gasteiger partial charge in [-0.2, -0.15) is 0 Å². The van der Waals surface area contributed by atoms with Crippen LogP contribution in [0.4, 0.5) is 0 Å². The summed E-state index contributed by atoms with van der Waals surface area (Å²) in [5.74, 6) is -0.246. The fraction of sp³-hybridized carbons (Fsp3) is 0.409. The largest absolute Gasteiger partial charge is 0.467 e. The van der Waals surface area contributed by atoms with Gasteiger partial charge in [0.25, 0.3) is 11.8 Å². The molecule has 156 valence electrons. The topological polar surface area (TPSA) is 84.6 Å². The molecule has 0 bridgehead atoms. The molecule has 2 aromatic rings. The maximum atomic E-state index is 13.0. The lowest BCUT2D eigenvalue weighted by molar-refractivity contribution is 0.0776. The molecule has 1 N–H and O–H groups in total. The Morgan fingerprint density at radius 1 is 1.24 bits per heavy atom. The Labute approximate surface area is 171 Å². The standard InChI is InChI=1S/C22H29N3O4/c1-5-7-10-23-21(27)18-14-24(13-17-9-8-11-29-17)15-19(20(18)26)22(28)25(6-2)12-16(3)4/h8-9,11,14-15H,3,5-7,10,12-13H2,1-2,4H3,(H,23,27). The van der Waals surface area contributed by atoms with E-state index in [1.807, 2.05) is 20.8 Å². The van der Waals surface area contributed by atoms with Crippen molar-refractivity contribution in [2.75, 3.05) is 19.6 Å². The summed E-state index contributed by atoms with van der Waals surface area (Å²) in [4.78, 5) is 40.2. The van der Waals surface area contributed by atoms with Gasteiger partial charge in [-0.15, -0.1) is 0 Å². The van der Waals surface area contributed by atoms with Crippen LogP contribution in [0.25, 0.3) is 0 Å². The van der Waals surface area contributed by atoms with E-state index in [1.165, 1.54) is 17.3 Å². The summed E-state index contributed by atoms with van der Waals surface area (Å²) in [6, 6.07) is 3.55. The Hall–Kier alpha value is -3.09. The molecule has 0 unspecified atom stereocenters. The minimum absolute atomic E-state index is 0.0391. The van der Waals surface area contributed by atoms with E-state index < -0.39 is 17.2 Å². The van der Waals surface area contributed by atoms with E-state index in [-0.39, 0.29) is 11.1 Å². The summed E-state index contributed by atoms with van der Waals surface area (Å²) in [5, 5.41) is 2.75. The smallest absolute Gasteiger partial charge is 0.259 e. The third-order valence-corrected chi connectivity index (χ3v) is 4.42. The van der Waals surface area contributed by atoms with Crippen molar-refractivity contribution in [2.45, 2.75) is 40.2 Å². The number of pyridine rings is 1. The number of nitrogens with zero attached hydrogens (tertiary/aromatic N) is 2. The minimum atomic E-state index is -0.570. The number of rotatable bonds is 10. The number of carbonyl (C=O) groups excluding carboxylic acids is 2. The molecule has 0 spiro atoms. The maximum Gasteiger partial charge on any atom is 0.259 e. The summed E-state index contributed by atoms with van der Waals surface area (Å²) in [6.07, 6.45) is 6.24. The highest BCUT2D eigenvalue weighted by atomic mass is 16.3. The van der Waals surface area contributed by atoms with Crippen LogP contribution in [0.2, 0.25) is 0 Å². The molecule has 0 aliphatic heterocycles. The van der Waals surface area contributed by atoms with Crippen LogP contribution >= 0.6 is 0 Å². The first-order chi connectivity index (χ1) is 13.9. The molecule has 0 aliphatic rings. The molecule has 7 nitrogen and oxygen atoms in total. The van der Waals surface area contributed by atoms with Crippen molar-refractivity contribution in [1.82, 2.24) is 14.8 Å². The van der Waals surface area contributed by atoms with Crippen LogP contribution in [0, 0.1) is 0 Å². The van der Waals surface area contributed by atoms with E-state index in [9.17, 15) is 14.4 Å². The van der Waals surface area contributed by atoms with Crippen LogP contribution in [0.15, 0.2) is 52.2 Å². The number of unbranched alkanes of at least 4 members (excludes halogenated alkanes) is 1. The van der Waals surface area contributed by atoms with Crippen LogP contribution in [-0.4, -0.2) is 40.9 Å².